The van der Waals surface area contributed by atoms with Gasteiger partial charge in [0, 0.05) is 24.4 Å². The predicted molar refractivity (Wildman–Crippen MR) is 122 cm³/mol. The molecule has 4 unspecified atom stereocenters. The van der Waals surface area contributed by atoms with Crippen LogP contribution in [0.1, 0.15) is 49.8 Å². The minimum absolute atomic E-state index is 0.170. The fourth-order valence-corrected chi connectivity index (χ4v) is 4.57. The Bertz CT molecular complexity index is 991. The minimum atomic E-state index is -1.39. The first-order valence-electron chi connectivity index (χ1n) is 11.4. The van der Waals surface area contributed by atoms with Gasteiger partial charge in [0.15, 0.2) is 17.6 Å². The van der Waals surface area contributed by atoms with E-state index in [-0.39, 0.29) is 12.5 Å². The summed E-state index contributed by atoms with van der Waals surface area (Å²) in [5.74, 6) is 0.835. The zero-order chi connectivity index (χ0) is 23.8. The summed E-state index contributed by atoms with van der Waals surface area (Å²) in [6.45, 7) is 4.95. The molecule has 4 rings (SSSR count). The Labute approximate surface area is 193 Å². The molecule has 1 amide bonds. The van der Waals surface area contributed by atoms with E-state index in [4.69, 9.17) is 9.47 Å². The number of carbonyl (C=O) groups is 1. The zero-order valence-corrected chi connectivity index (χ0v) is 19.3. The fourth-order valence-electron chi connectivity index (χ4n) is 4.57. The SMILES string of the molecule is COc1ccc(C2CN(C(=O)C(O)c3ccc(F)cc3)CC2(C)C(C)O)cc1OCC1CC1. The summed E-state index contributed by atoms with van der Waals surface area (Å²) in [5, 5.41) is 21.3. The van der Waals surface area contributed by atoms with Crippen LogP contribution in [0.25, 0.3) is 0 Å². The van der Waals surface area contributed by atoms with Crippen LogP contribution in [0.5, 0.6) is 11.5 Å². The molecule has 0 bridgehead atoms. The number of benzene rings is 2. The molecule has 2 aromatic rings. The number of ether oxygens (including phenoxy) is 2. The Hall–Kier alpha value is -2.64. The second-order valence-electron chi connectivity index (χ2n) is 9.57. The lowest BCUT2D eigenvalue weighted by atomic mass is 9.72. The number of carbonyl (C=O) groups excluding carboxylic acids is 1. The highest BCUT2D eigenvalue weighted by Gasteiger charge is 2.49. The molecule has 2 N–H and O–H groups in total. The zero-order valence-electron chi connectivity index (χ0n) is 19.3. The van der Waals surface area contributed by atoms with Crippen molar-refractivity contribution in [1.29, 1.82) is 0 Å². The van der Waals surface area contributed by atoms with Gasteiger partial charge in [-0.3, -0.25) is 4.79 Å². The van der Waals surface area contributed by atoms with Gasteiger partial charge < -0.3 is 24.6 Å². The monoisotopic (exact) mass is 457 g/mol. The molecule has 6 nitrogen and oxygen atoms in total. The van der Waals surface area contributed by atoms with E-state index in [1.54, 1.807) is 18.9 Å². The van der Waals surface area contributed by atoms with Crippen LogP contribution in [0.3, 0.4) is 0 Å². The highest BCUT2D eigenvalue weighted by molar-refractivity contribution is 5.82. The Morgan fingerprint density at radius 3 is 2.48 bits per heavy atom. The number of methoxy groups -OCH3 is 1. The van der Waals surface area contributed by atoms with Crippen molar-refractivity contribution in [2.75, 3.05) is 26.8 Å². The first-order chi connectivity index (χ1) is 15.7. The lowest BCUT2D eigenvalue weighted by Gasteiger charge is -2.34. The Balaban J connectivity index is 1.58. The summed E-state index contributed by atoms with van der Waals surface area (Å²) in [7, 11) is 1.60. The minimum Gasteiger partial charge on any atom is -0.493 e. The standard InChI is InChI=1S/C26H32FNO5/c1-16(29)26(2)15-28(25(31)24(30)18-6-9-20(27)10-7-18)13-21(26)19-8-11-22(32-3)23(12-19)33-14-17-4-5-17/h6-12,16-17,21,24,29-30H,4-5,13-15H2,1-3H3. The fraction of sp³-hybridized carbons (Fsp3) is 0.500. The van der Waals surface area contributed by atoms with E-state index in [9.17, 15) is 19.4 Å². The lowest BCUT2D eigenvalue weighted by molar-refractivity contribution is -0.140. The molecule has 1 saturated carbocycles. The molecule has 33 heavy (non-hydrogen) atoms. The van der Waals surface area contributed by atoms with Gasteiger partial charge in [-0.25, -0.2) is 4.39 Å². The molecule has 0 spiro atoms. The smallest absolute Gasteiger partial charge is 0.256 e. The molecule has 1 aliphatic carbocycles. The molecule has 7 heteroatoms. The van der Waals surface area contributed by atoms with Crippen molar-refractivity contribution in [3.8, 4) is 11.5 Å². The van der Waals surface area contributed by atoms with Gasteiger partial charge in [-0.15, -0.1) is 0 Å². The van der Waals surface area contributed by atoms with Gasteiger partial charge in [0.05, 0.1) is 19.8 Å². The molecular weight excluding hydrogens is 425 g/mol. The van der Waals surface area contributed by atoms with E-state index in [0.29, 0.717) is 36.1 Å². The van der Waals surface area contributed by atoms with Gasteiger partial charge in [0.1, 0.15) is 5.82 Å². The normalized spacial score (nSPS) is 24.4. The molecular formula is C26H32FNO5. The molecule has 0 aromatic heterocycles. The van der Waals surface area contributed by atoms with Gasteiger partial charge in [-0.1, -0.05) is 25.1 Å². The predicted octanol–water partition coefficient (Wildman–Crippen LogP) is 3.67. The lowest BCUT2D eigenvalue weighted by Crippen LogP contribution is -2.39. The third-order valence-corrected chi connectivity index (χ3v) is 7.18. The van der Waals surface area contributed by atoms with Gasteiger partial charge in [-0.05, 0) is 61.1 Å². The number of hydrogen-bond donors (Lipinski definition) is 2. The van der Waals surface area contributed by atoms with Gasteiger partial charge in [0.25, 0.3) is 5.91 Å². The van der Waals surface area contributed by atoms with Crippen LogP contribution < -0.4 is 9.47 Å². The maximum Gasteiger partial charge on any atom is 0.256 e. The van der Waals surface area contributed by atoms with Gasteiger partial charge in [0.2, 0.25) is 0 Å². The first kappa shape index (κ1) is 23.5. The Kier molecular flexibility index (Phi) is 6.64. The largest absolute Gasteiger partial charge is 0.493 e. The number of amides is 1. The van der Waals surface area contributed by atoms with Crippen molar-refractivity contribution in [3.05, 3.63) is 59.4 Å². The van der Waals surface area contributed by atoms with Gasteiger partial charge >= 0.3 is 0 Å². The molecule has 1 heterocycles. The molecule has 2 fully saturated rings. The topological polar surface area (TPSA) is 79.2 Å². The molecule has 1 saturated heterocycles. The van der Waals surface area contributed by atoms with Crippen molar-refractivity contribution in [2.24, 2.45) is 11.3 Å². The number of aliphatic hydroxyl groups is 2. The van der Waals surface area contributed by atoms with Crippen LogP contribution in [0, 0.1) is 17.2 Å². The van der Waals surface area contributed by atoms with E-state index in [1.165, 1.54) is 37.1 Å². The third-order valence-electron chi connectivity index (χ3n) is 7.18. The average molecular weight is 458 g/mol. The van der Waals surface area contributed by atoms with Gasteiger partial charge in [-0.2, -0.15) is 0 Å². The number of rotatable bonds is 8. The molecule has 178 valence electrons. The highest BCUT2D eigenvalue weighted by atomic mass is 19.1. The third kappa shape index (κ3) is 4.84. The summed E-state index contributed by atoms with van der Waals surface area (Å²) >= 11 is 0. The number of hydrogen-bond acceptors (Lipinski definition) is 5. The van der Waals surface area contributed by atoms with Crippen LogP contribution in [0.15, 0.2) is 42.5 Å². The molecule has 1 aliphatic heterocycles. The second kappa shape index (κ2) is 9.31. The molecule has 4 atom stereocenters. The van der Waals surface area contributed by atoms with Crippen LogP contribution in [-0.4, -0.2) is 53.9 Å². The van der Waals surface area contributed by atoms with E-state index in [0.717, 1.165) is 5.56 Å². The quantitative estimate of drug-likeness (QED) is 0.632. The highest BCUT2D eigenvalue weighted by Crippen LogP contribution is 2.47. The number of likely N-dealkylation sites (tertiary alicyclic amines) is 1. The number of nitrogens with zero attached hydrogens (tertiary/aromatic N) is 1. The summed E-state index contributed by atoms with van der Waals surface area (Å²) in [4.78, 5) is 14.7. The summed E-state index contributed by atoms with van der Waals surface area (Å²) in [6.07, 6.45) is 0.271. The van der Waals surface area contributed by atoms with E-state index < -0.39 is 29.3 Å². The summed E-state index contributed by atoms with van der Waals surface area (Å²) < 4.78 is 24.7. The summed E-state index contributed by atoms with van der Waals surface area (Å²) in [6, 6.07) is 11.0. The van der Waals surface area contributed by atoms with Crippen molar-refractivity contribution in [2.45, 2.75) is 44.8 Å². The maximum atomic E-state index is 13.2. The molecule has 0 radical (unpaired) electrons. The maximum absolute atomic E-state index is 13.2. The van der Waals surface area contributed by atoms with E-state index >= 15 is 0 Å². The van der Waals surface area contributed by atoms with Crippen LogP contribution in [0.4, 0.5) is 4.39 Å². The first-order valence-corrected chi connectivity index (χ1v) is 11.4. The van der Waals surface area contributed by atoms with E-state index in [1.807, 2.05) is 25.1 Å². The van der Waals surface area contributed by atoms with Crippen molar-refractivity contribution < 1.29 is 28.9 Å². The number of aliphatic hydroxyl groups excluding tert-OH is 2. The van der Waals surface area contributed by atoms with Crippen LogP contribution in [0.2, 0.25) is 0 Å². The van der Waals surface area contributed by atoms with E-state index in [2.05, 4.69) is 0 Å². The Morgan fingerprint density at radius 2 is 1.88 bits per heavy atom. The number of halogens is 1. The van der Waals surface area contributed by atoms with Crippen molar-refractivity contribution in [1.82, 2.24) is 4.90 Å². The molecule has 2 aromatic carbocycles. The average Bonchev–Trinajstić information content (AvgIpc) is 3.57. The van der Waals surface area contributed by atoms with Crippen LogP contribution >= 0.6 is 0 Å². The van der Waals surface area contributed by atoms with Crippen LogP contribution in [-0.2, 0) is 4.79 Å². The Morgan fingerprint density at radius 1 is 1.18 bits per heavy atom. The van der Waals surface area contributed by atoms with Crippen molar-refractivity contribution in [3.63, 3.8) is 0 Å². The molecule has 2 aliphatic rings. The second-order valence-corrected chi connectivity index (χ2v) is 9.57. The van der Waals surface area contributed by atoms with Crippen molar-refractivity contribution >= 4 is 5.91 Å². The summed E-state index contributed by atoms with van der Waals surface area (Å²) in [5.41, 5.74) is 0.654.